The van der Waals surface area contributed by atoms with Crippen LogP contribution in [0.25, 0.3) is 0 Å². The van der Waals surface area contributed by atoms with E-state index in [1.54, 1.807) is 19.3 Å². The summed E-state index contributed by atoms with van der Waals surface area (Å²) in [6, 6.07) is 5.37. The molecule has 0 saturated heterocycles. The molecule has 0 aliphatic heterocycles. The van der Waals surface area contributed by atoms with Gasteiger partial charge in [-0.05, 0) is 44.0 Å². The second-order valence-electron chi connectivity index (χ2n) is 6.75. The molecule has 1 saturated carbocycles. The molecule has 6 nitrogen and oxygen atoms in total. The molecule has 1 unspecified atom stereocenters. The monoisotopic (exact) mass is 422 g/mol. The number of furan rings is 1. The highest BCUT2D eigenvalue weighted by atomic mass is 32.2. The summed E-state index contributed by atoms with van der Waals surface area (Å²) in [5.41, 5.74) is -0.419. The van der Waals surface area contributed by atoms with Crippen LogP contribution < -0.4 is 5.32 Å². The van der Waals surface area contributed by atoms with Crippen molar-refractivity contribution in [1.29, 1.82) is 0 Å². The summed E-state index contributed by atoms with van der Waals surface area (Å²) in [4.78, 5) is 12.5. The summed E-state index contributed by atoms with van der Waals surface area (Å²) in [7, 11) is 0. The van der Waals surface area contributed by atoms with Gasteiger partial charge in [0.05, 0.1) is 23.7 Å². The summed E-state index contributed by atoms with van der Waals surface area (Å²) < 4.78 is 47.6. The van der Waals surface area contributed by atoms with Crippen molar-refractivity contribution in [2.75, 3.05) is 5.32 Å². The summed E-state index contributed by atoms with van der Waals surface area (Å²) in [5, 5.41) is 10.6. The minimum absolute atomic E-state index is 0.340. The number of benzene rings is 1. The van der Waals surface area contributed by atoms with Crippen molar-refractivity contribution in [3.05, 3.63) is 59.6 Å². The molecule has 1 aromatic carbocycles. The molecule has 1 aliphatic carbocycles. The largest absolute Gasteiger partial charge is 0.467 e. The first-order chi connectivity index (χ1) is 13.9. The van der Waals surface area contributed by atoms with Gasteiger partial charge in [-0.2, -0.15) is 0 Å². The van der Waals surface area contributed by atoms with Crippen LogP contribution in [0.4, 0.5) is 18.9 Å². The predicted octanol–water partition coefficient (Wildman–Crippen LogP) is 4.33. The smallest absolute Gasteiger partial charge is 0.237 e. The molecule has 1 aliphatic rings. The minimum atomic E-state index is -1.63. The molecule has 2 aromatic heterocycles. The fourth-order valence-electron chi connectivity index (χ4n) is 2.81. The Hall–Kier alpha value is -2.75. The maximum absolute atomic E-state index is 13.8. The number of hydrogen-bond acceptors (Lipinski definition) is 5. The Kier molecular flexibility index (Phi) is 5.35. The van der Waals surface area contributed by atoms with E-state index in [2.05, 4.69) is 15.5 Å². The molecule has 0 radical (unpaired) electrons. The van der Waals surface area contributed by atoms with Gasteiger partial charge in [0.15, 0.2) is 22.6 Å². The molecule has 1 N–H and O–H groups in total. The van der Waals surface area contributed by atoms with Gasteiger partial charge in [0.25, 0.3) is 0 Å². The summed E-state index contributed by atoms with van der Waals surface area (Å²) in [6.45, 7) is 2.04. The van der Waals surface area contributed by atoms with E-state index >= 15 is 0 Å². The number of amides is 1. The van der Waals surface area contributed by atoms with Gasteiger partial charge in [0.1, 0.15) is 11.6 Å². The second-order valence-corrected chi connectivity index (χ2v) is 8.06. The Labute approximate surface area is 168 Å². The lowest BCUT2D eigenvalue weighted by Gasteiger charge is -2.14. The molecule has 1 amide bonds. The molecule has 4 rings (SSSR count). The second kappa shape index (κ2) is 7.94. The quantitative estimate of drug-likeness (QED) is 0.453. The van der Waals surface area contributed by atoms with Crippen LogP contribution >= 0.6 is 11.8 Å². The summed E-state index contributed by atoms with van der Waals surface area (Å²) in [6.07, 6.45) is 3.65. The summed E-state index contributed by atoms with van der Waals surface area (Å²) in [5.74, 6) is -3.05. The lowest BCUT2D eigenvalue weighted by Crippen LogP contribution is -2.24. The van der Waals surface area contributed by atoms with Crippen molar-refractivity contribution in [1.82, 2.24) is 14.8 Å². The highest BCUT2D eigenvalue weighted by Gasteiger charge is 2.31. The van der Waals surface area contributed by atoms with Crippen LogP contribution in [0.5, 0.6) is 0 Å². The first-order valence-electron chi connectivity index (χ1n) is 9.00. The number of aromatic nitrogens is 3. The lowest BCUT2D eigenvalue weighted by atomic mass is 10.2. The first kappa shape index (κ1) is 19.6. The third kappa shape index (κ3) is 4.16. The Balaban J connectivity index is 1.50. The molecule has 1 atom stereocenters. The number of nitrogens with zero attached hydrogens (tertiary/aromatic N) is 3. The molecular weight excluding hydrogens is 405 g/mol. The van der Waals surface area contributed by atoms with Crippen molar-refractivity contribution in [2.45, 2.75) is 42.6 Å². The number of carbonyl (C=O) groups excluding carboxylic acids is 1. The van der Waals surface area contributed by atoms with Crippen LogP contribution in [-0.4, -0.2) is 25.9 Å². The van der Waals surface area contributed by atoms with Gasteiger partial charge in [-0.3, -0.25) is 9.36 Å². The Morgan fingerprint density at radius 3 is 2.76 bits per heavy atom. The van der Waals surface area contributed by atoms with E-state index in [0.29, 0.717) is 17.6 Å². The molecule has 29 heavy (non-hydrogen) atoms. The topological polar surface area (TPSA) is 73.0 Å². The van der Waals surface area contributed by atoms with E-state index in [-0.39, 0.29) is 0 Å². The number of anilines is 1. The number of nitrogens with one attached hydrogen (secondary N) is 1. The van der Waals surface area contributed by atoms with Crippen LogP contribution in [-0.2, 0) is 11.3 Å². The Morgan fingerprint density at radius 2 is 2.07 bits per heavy atom. The van der Waals surface area contributed by atoms with Gasteiger partial charge in [-0.15, -0.1) is 10.2 Å². The molecule has 0 spiro atoms. The van der Waals surface area contributed by atoms with Crippen LogP contribution in [0.3, 0.4) is 0 Å². The number of hydrogen-bond donors (Lipinski definition) is 1. The SMILES string of the molecule is CC(Sc1nnc(C2CC2)n1Cc1ccco1)C(=O)Nc1ccc(F)c(F)c1F. The molecule has 0 bridgehead atoms. The van der Waals surface area contributed by atoms with Crippen LogP contribution in [0, 0.1) is 17.5 Å². The van der Waals surface area contributed by atoms with E-state index in [1.807, 2.05) is 10.6 Å². The van der Waals surface area contributed by atoms with Gasteiger partial charge >= 0.3 is 0 Å². The predicted molar refractivity (Wildman–Crippen MR) is 100 cm³/mol. The minimum Gasteiger partial charge on any atom is -0.467 e. The van der Waals surface area contributed by atoms with E-state index in [9.17, 15) is 18.0 Å². The average molecular weight is 422 g/mol. The Bertz CT molecular complexity index is 1030. The molecule has 1 fully saturated rings. The standard InChI is InChI=1S/C19H17F3N4O2S/c1-10(18(27)23-14-7-6-13(20)15(21)16(14)22)29-19-25-24-17(11-4-5-11)26(19)9-12-3-2-8-28-12/h2-3,6-8,10-11H,4-5,9H2,1H3,(H,23,27). The fraction of sp³-hybridized carbons (Fsp3) is 0.316. The van der Waals surface area contributed by atoms with Crippen molar-refractivity contribution >= 4 is 23.4 Å². The number of carbonyl (C=O) groups is 1. The fourth-order valence-corrected chi connectivity index (χ4v) is 3.66. The van der Waals surface area contributed by atoms with Crippen LogP contribution in [0.2, 0.25) is 0 Å². The Morgan fingerprint density at radius 1 is 1.28 bits per heavy atom. The molecule has 3 aromatic rings. The lowest BCUT2D eigenvalue weighted by molar-refractivity contribution is -0.115. The van der Waals surface area contributed by atoms with Crippen molar-refractivity contribution < 1.29 is 22.4 Å². The van der Waals surface area contributed by atoms with E-state index in [1.165, 1.54) is 0 Å². The van der Waals surface area contributed by atoms with Crippen molar-refractivity contribution in [2.24, 2.45) is 0 Å². The maximum atomic E-state index is 13.8. The van der Waals surface area contributed by atoms with Gasteiger partial charge < -0.3 is 9.73 Å². The van der Waals surface area contributed by atoms with Crippen LogP contribution in [0.15, 0.2) is 40.1 Å². The molecular formula is C19H17F3N4O2S. The van der Waals surface area contributed by atoms with Gasteiger partial charge in [0, 0.05) is 5.92 Å². The molecule has 152 valence electrons. The third-order valence-corrected chi connectivity index (χ3v) is 5.61. The van der Waals surface area contributed by atoms with Gasteiger partial charge in [0.2, 0.25) is 5.91 Å². The third-order valence-electron chi connectivity index (χ3n) is 4.53. The maximum Gasteiger partial charge on any atom is 0.237 e. The zero-order valence-corrected chi connectivity index (χ0v) is 16.2. The van der Waals surface area contributed by atoms with Crippen LogP contribution in [0.1, 0.15) is 37.3 Å². The number of thioether (sulfide) groups is 1. The molecule has 2 heterocycles. The summed E-state index contributed by atoms with van der Waals surface area (Å²) >= 11 is 1.14. The normalized spacial score (nSPS) is 14.8. The van der Waals surface area contributed by atoms with E-state index in [4.69, 9.17) is 4.42 Å². The van der Waals surface area contributed by atoms with E-state index in [0.717, 1.165) is 48.3 Å². The average Bonchev–Trinajstić information content (AvgIpc) is 3.28. The number of halogens is 3. The zero-order valence-electron chi connectivity index (χ0n) is 15.4. The van der Waals surface area contributed by atoms with Crippen molar-refractivity contribution in [3.63, 3.8) is 0 Å². The zero-order chi connectivity index (χ0) is 20.5. The number of rotatable bonds is 7. The van der Waals surface area contributed by atoms with Gasteiger partial charge in [-0.25, -0.2) is 13.2 Å². The first-order valence-corrected chi connectivity index (χ1v) is 9.88. The highest BCUT2D eigenvalue weighted by Crippen LogP contribution is 2.40. The van der Waals surface area contributed by atoms with Gasteiger partial charge in [-0.1, -0.05) is 11.8 Å². The van der Waals surface area contributed by atoms with E-state index < -0.39 is 34.3 Å². The molecule has 10 heteroatoms. The highest BCUT2D eigenvalue weighted by molar-refractivity contribution is 8.00. The van der Waals surface area contributed by atoms with Crippen molar-refractivity contribution in [3.8, 4) is 0 Å².